The van der Waals surface area contributed by atoms with Crippen molar-refractivity contribution in [2.45, 2.75) is 31.9 Å². The summed E-state index contributed by atoms with van der Waals surface area (Å²) in [6, 6.07) is 26.0. The van der Waals surface area contributed by atoms with Crippen LogP contribution < -0.4 is 14.8 Å². The normalized spacial score (nSPS) is 19.2. The van der Waals surface area contributed by atoms with Crippen molar-refractivity contribution in [2.75, 3.05) is 12.4 Å². The van der Waals surface area contributed by atoms with Crippen LogP contribution in [0, 0.1) is 22.2 Å². The van der Waals surface area contributed by atoms with Crippen LogP contribution in [0.1, 0.15) is 46.2 Å². The minimum Gasteiger partial charge on any atom is -0.493 e. The summed E-state index contributed by atoms with van der Waals surface area (Å²) in [4.78, 5) is 4.72. The highest BCUT2D eigenvalue weighted by Gasteiger charge is 2.37. The van der Waals surface area contributed by atoms with Gasteiger partial charge >= 0.3 is 0 Å². The highest BCUT2D eigenvalue weighted by molar-refractivity contribution is 14.1. The number of hydrogen-bond acceptors (Lipinski definition) is 4. The molecule has 202 valence electrons. The molecule has 0 aromatic heterocycles. The monoisotopic (exact) mass is 644 g/mol. The van der Waals surface area contributed by atoms with E-state index in [-0.39, 0.29) is 18.5 Å². The maximum atomic E-state index is 14.0. The van der Waals surface area contributed by atoms with E-state index in [0.29, 0.717) is 28.9 Å². The first-order valence-corrected chi connectivity index (χ1v) is 14.5. The number of aliphatic imine (C=N–C) groups is 1. The number of benzene rings is 4. The van der Waals surface area contributed by atoms with Gasteiger partial charge in [0, 0.05) is 23.4 Å². The number of fused-ring (bicyclic) bond motifs is 3. The topological polar surface area (TPSA) is 42.8 Å². The summed E-state index contributed by atoms with van der Waals surface area (Å²) in [5.74, 6) is 1.85. The molecule has 0 unspecified atom stereocenters. The summed E-state index contributed by atoms with van der Waals surface area (Å²) in [6.07, 6.45) is 7.61. The molecule has 0 radical (unpaired) electrons. The van der Waals surface area contributed by atoms with Crippen molar-refractivity contribution in [2.24, 2.45) is 10.9 Å². The predicted molar refractivity (Wildman–Crippen MR) is 168 cm³/mol. The molecule has 0 saturated carbocycles. The van der Waals surface area contributed by atoms with Crippen LogP contribution in [0.25, 0.3) is 0 Å². The predicted octanol–water partition coefficient (Wildman–Crippen LogP) is 8.90. The van der Waals surface area contributed by atoms with Gasteiger partial charge in [0.25, 0.3) is 0 Å². The lowest BCUT2D eigenvalue weighted by atomic mass is 9.76. The number of allylic oxidation sites excluding steroid dienone is 2. The Morgan fingerprint density at radius 1 is 1.05 bits per heavy atom. The summed E-state index contributed by atoms with van der Waals surface area (Å²) in [7, 11) is 1.60. The number of nitrogens with zero attached hydrogens (tertiary/aromatic N) is 1. The molecule has 0 amide bonds. The van der Waals surface area contributed by atoms with Crippen LogP contribution in [0.5, 0.6) is 11.5 Å². The lowest BCUT2D eigenvalue weighted by Gasteiger charge is -2.37. The zero-order valence-corrected chi connectivity index (χ0v) is 24.6. The van der Waals surface area contributed by atoms with E-state index in [4.69, 9.17) is 14.5 Å². The number of methoxy groups -OCH3 is 1. The van der Waals surface area contributed by atoms with Crippen molar-refractivity contribution in [3.8, 4) is 11.5 Å². The van der Waals surface area contributed by atoms with Crippen LogP contribution in [0.4, 0.5) is 15.8 Å². The quantitative estimate of drug-likeness (QED) is 0.124. The molecule has 2 aliphatic rings. The maximum Gasteiger partial charge on any atom is 0.174 e. The van der Waals surface area contributed by atoms with Crippen molar-refractivity contribution in [1.82, 2.24) is 0 Å². The summed E-state index contributed by atoms with van der Waals surface area (Å²) in [6.45, 7) is 2.28. The molecule has 3 atom stereocenters. The van der Waals surface area contributed by atoms with Gasteiger partial charge in [-0.3, -0.25) is 4.99 Å². The zero-order chi connectivity index (χ0) is 27.6. The van der Waals surface area contributed by atoms with E-state index in [0.717, 1.165) is 21.2 Å². The van der Waals surface area contributed by atoms with Gasteiger partial charge in [-0.1, -0.05) is 60.2 Å². The van der Waals surface area contributed by atoms with Crippen LogP contribution in [0.15, 0.2) is 96.0 Å². The third-order valence-electron chi connectivity index (χ3n) is 7.71. The Morgan fingerprint density at radius 3 is 2.67 bits per heavy atom. The number of ether oxygens (including phenoxy) is 2. The van der Waals surface area contributed by atoms with Gasteiger partial charge in [0.05, 0.1) is 22.4 Å². The van der Waals surface area contributed by atoms with Crippen molar-refractivity contribution >= 4 is 40.2 Å². The Balaban J connectivity index is 1.17. The zero-order valence-electron chi connectivity index (χ0n) is 22.4. The number of rotatable bonds is 7. The van der Waals surface area contributed by atoms with Gasteiger partial charge in [-0.2, -0.15) is 0 Å². The van der Waals surface area contributed by atoms with E-state index >= 15 is 0 Å². The van der Waals surface area contributed by atoms with Crippen LogP contribution in [-0.4, -0.2) is 13.3 Å². The highest BCUT2D eigenvalue weighted by atomic mass is 127. The Bertz CT molecular complexity index is 1600. The molecule has 4 nitrogen and oxygen atoms in total. The summed E-state index contributed by atoms with van der Waals surface area (Å²) in [5.41, 5.74) is 7.49. The first-order chi connectivity index (χ1) is 19.5. The minimum absolute atomic E-state index is 0.123. The van der Waals surface area contributed by atoms with Crippen LogP contribution in [0.2, 0.25) is 0 Å². The van der Waals surface area contributed by atoms with E-state index < -0.39 is 0 Å². The molecule has 0 saturated heterocycles. The number of anilines is 1. The highest BCUT2D eigenvalue weighted by Crippen LogP contribution is 2.50. The third kappa shape index (κ3) is 5.37. The lowest BCUT2D eigenvalue weighted by Crippen LogP contribution is -2.29. The number of hydrogen-bond donors (Lipinski definition) is 1. The molecule has 1 aliphatic heterocycles. The molecule has 6 rings (SSSR count). The SMILES string of the molecule is COc1cc(C=Nc2ccc([C@@H]3Nc4ccc(C)cc4[C@@H]4C=CC[C@@H]43)cc2)cc(I)c1OCc1ccccc1F. The third-order valence-corrected chi connectivity index (χ3v) is 8.52. The average Bonchev–Trinajstić information content (AvgIpc) is 3.47. The van der Waals surface area contributed by atoms with Crippen molar-refractivity contribution in [3.05, 3.63) is 128 Å². The van der Waals surface area contributed by atoms with E-state index in [1.807, 2.05) is 18.3 Å². The molecular weight excluding hydrogens is 614 g/mol. The van der Waals surface area contributed by atoms with Gasteiger partial charge in [-0.15, -0.1) is 0 Å². The average molecular weight is 645 g/mol. The molecular formula is C34H30FIN2O2. The summed E-state index contributed by atoms with van der Waals surface area (Å²) < 4.78 is 26.4. The van der Waals surface area contributed by atoms with Crippen molar-refractivity contribution in [3.63, 3.8) is 0 Å². The molecule has 4 aromatic rings. The Kier molecular flexibility index (Phi) is 7.61. The molecule has 4 aromatic carbocycles. The van der Waals surface area contributed by atoms with Gasteiger partial charge in [-0.05, 0) is 94.9 Å². The van der Waals surface area contributed by atoms with Gasteiger partial charge in [0.1, 0.15) is 12.4 Å². The number of nitrogens with one attached hydrogen (secondary N) is 1. The largest absolute Gasteiger partial charge is 0.493 e. The second-order valence-electron chi connectivity index (χ2n) is 10.3. The van der Waals surface area contributed by atoms with Crippen LogP contribution >= 0.6 is 22.6 Å². The Labute approximate surface area is 248 Å². The lowest BCUT2D eigenvalue weighted by molar-refractivity contribution is 0.277. The molecule has 40 heavy (non-hydrogen) atoms. The second kappa shape index (κ2) is 11.5. The molecule has 6 heteroatoms. The smallest absolute Gasteiger partial charge is 0.174 e. The molecule has 1 aliphatic carbocycles. The minimum atomic E-state index is -0.287. The standard InChI is InChI=1S/C34H30FIN2O2/c1-21-10-15-31-28(16-21)26-7-5-8-27(26)33(38-31)23-11-13-25(14-12-23)37-19-22-17-30(36)34(32(18-22)39-2)40-20-24-6-3-4-9-29(24)35/h3-7,9-19,26-27,33,38H,8,20H2,1-2H3/t26-,27+,33+/m1/s1. The molecule has 0 spiro atoms. The van der Waals surface area contributed by atoms with Crippen molar-refractivity contribution < 1.29 is 13.9 Å². The van der Waals surface area contributed by atoms with E-state index in [2.05, 4.69) is 89.4 Å². The summed E-state index contributed by atoms with van der Waals surface area (Å²) >= 11 is 2.21. The first kappa shape index (κ1) is 26.6. The second-order valence-corrected chi connectivity index (χ2v) is 11.5. The molecule has 0 bridgehead atoms. The maximum absolute atomic E-state index is 14.0. The van der Waals surface area contributed by atoms with Gasteiger partial charge in [0.15, 0.2) is 11.5 Å². The fraction of sp³-hybridized carbons (Fsp3) is 0.206. The molecule has 1 N–H and O–H groups in total. The fourth-order valence-electron chi connectivity index (χ4n) is 5.68. The van der Waals surface area contributed by atoms with Crippen molar-refractivity contribution in [1.29, 1.82) is 0 Å². The van der Waals surface area contributed by atoms with E-state index in [1.165, 1.54) is 28.4 Å². The number of aryl methyl sites for hydroxylation is 1. The van der Waals surface area contributed by atoms with E-state index in [9.17, 15) is 4.39 Å². The van der Waals surface area contributed by atoms with Crippen LogP contribution in [-0.2, 0) is 6.61 Å². The van der Waals surface area contributed by atoms with Crippen LogP contribution in [0.3, 0.4) is 0 Å². The molecule has 0 fully saturated rings. The van der Waals surface area contributed by atoms with Gasteiger partial charge < -0.3 is 14.8 Å². The Morgan fingerprint density at radius 2 is 1.88 bits per heavy atom. The number of halogens is 2. The first-order valence-electron chi connectivity index (χ1n) is 13.4. The van der Waals surface area contributed by atoms with Gasteiger partial charge in [0.2, 0.25) is 0 Å². The fourth-order valence-corrected chi connectivity index (χ4v) is 6.46. The summed E-state index contributed by atoms with van der Waals surface area (Å²) in [5, 5.41) is 3.81. The van der Waals surface area contributed by atoms with E-state index in [1.54, 1.807) is 25.3 Å². The molecule has 1 heterocycles. The Hall–Kier alpha value is -3.65. The van der Waals surface area contributed by atoms with Gasteiger partial charge in [-0.25, -0.2) is 4.39 Å².